The van der Waals surface area contributed by atoms with E-state index in [0.29, 0.717) is 5.56 Å². The Bertz CT molecular complexity index is 973. The van der Waals surface area contributed by atoms with Crippen LogP contribution in [0.2, 0.25) is 0 Å². The van der Waals surface area contributed by atoms with Crippen LogP contribution in [0.1, 0.15) is 15.9 Å². The Balaban J connectivity index is 2.07. The van der Waals surface area contributed by atoms with Crippen LogP contribution in [0.25, 0.3) is 11.3 Å². The zero-order chi connectivity index (χ0) is 20.5. The number of nitrogens with one attached hydrogen (secondary N) is 1. The number of alkyl halides is 3. The molecule has 28 heavy (non-hydrogen) atoms. The number of hydrogen-bond donors (Lipinski definition) is 2. The SMILES string of the molecule is N=CC(=CN)N1Cc2c(ccnc2-c2ccc(F)cc2OCC(F)(F)F)C1=O. The molecule has 0 radical (unpaired) electrons. The minimum absolute atomic E-state index is 0.00579. The molecular formula is C18H14F4N4O2. The Morgan fingerprint density at radius 2 is 2.07 bits per heavy atom. The first kappa shape index (κ1) is 19.3. The van der Waals surface area contributed by atoms with Gasteiger partial charge >= 0.3 is 6.18 Å². The third-order valence-corrected chi connectivity index (χ3v) is 4.07. The van der Waals surface area contributed by atoms with Gasteiger partial charge in [0.1, 0.15) is 11.6 Å². The Morgan fingerprint density at radius 1 is 1.32 bits per heavy atom. The van der Waals surface area contributed by atoms with Crippen LogP contribution in [0.3, 0.4) is 0 Å². The summed E-state index contributed by atoms with van der Waals surface area (Å²) in [7, 11) is 0. The number of amides is 1. The van der Waals surface area contributed by atoms with Crippen LogP contribution in [0.5, 0.6) is 5.75 Å². The van der Waals surface area contributed by atoms with Crippen molar-refractivity contribution in [2.24, 2.45) is 5.73 Å². The Kier molecular flexibility index (Phi) is 5.04. The lowest BCUT2D eigenvalue weighted by Crippen LogP contribution is -2.24. The molecule has 0 atom stereocenters. The average Bonchev–Trinajstić information content (AvgIpc) is 2.98. The minimum Gasteiger partial charge on any atom is -0.483 e. The Hall–Kier alpha value is -3.43. The topological polar surface area (TPSA) is 92.3 Å². The predicted octanol–water partition coefficient (Wildman–Crippen LogP) is 3.23. The molecule has 2 aromatic rings. The second-order valence-corrected chi connectivity index (χ2v) is 5.86. The molecule has 6 nitrogen and oxygen atoms in total. The Morgan fingerprint density at radius 3 is 2.71 bits per heavy atom. The lowest BCUT2D eigenvalue weighted by molar-refractivity contribution is -0.153. The van der Waals surface area contributed by atoms with Gasteiger partial charge in [0.05, 0.1) is 17.9 Å². The van der Waals surface area contributed by atoms with Crippen molar-refractivity contribution in [1.29, 1.82) is 5.41 Å². The van der Waals surface area contributed by atoms with Gasteiger partial charge in [-0.1, -0.05) is 0 Å². The molecule has 0 saturated heterocycles. The largest absolute Gasteiger partial charge is 0.483 e. The van der Waals surface area contributed by atoms with Gasteiger partial charge in [-0.25, -0.2) is 4.39 Å². The molecule has 0 spiro atoms. The van der Waals surface area contributed by atoms with Crippen LogP contribution < -0.4 is 10.5 Å². The third-order valence-electron chi connectivity index (χ3n) is 4.07. The molecular weight excluding hydrogens is 380 g/mol. The van der Waals surface area contributed by atoms with Gasteiger partial charge in [-0.15, -0.1) is 0 Å². The number of hydrogen-bond acceptors (Lipinski definition) is 5. The first-order valence-electron chi connectivity index (χ1n) is 7.96. The van der Waals surface area contributed by atoms with Crippen molar-refractivity contribution in [2.45, 2.75) is 12.7 Å². The summed E-state index contributed by atoms with van der Waals surface area (Å²) in [5, 5.41) is 7.36. The molecule has 2 heterocycles. The summed E-state index contributed by atoms with van der Waals surface area (Å²) >= 11 is 0. The second-order valence-electron chi connectivity index (χ2n) is 5.86. The summed E-state index contributed by atoms with van der Waals surface area (Å²) in [4.78, 5) is 18.0. The van der Waals surface area contributed by atoms with E-state index in [1.54, 1.807) is 0 Å². The van der Waals surface area contributed by atoms with Crippen LogP contribution in [0.4, 0.5) is 17.6 Å². The number of nitrogens with zero attached hydrogens (tertiary/aromatic N) is 2. The van der Waals surface area contributed by atoms with E-state index in [9.17, 15) is 22.4 Å². The maximum Gasteiger partial charge on any atom is 0.422 e. The second kappa shape index (κ2) is 7.29. The minimum atomic E-state index is -4.60. The number of carbonyl (C=O) groups excluding carboxylic acids is 1. The smallest absolute Gasteiger partial charge is 0.422 e. The number of carbonyl (C=O) groups is 1. The summed E-state index contributed by atoms with van der Waals surface area (Å²) in [6.07, 6.45) is -1.28. The van der Waals surface area contributed by atoms with Gasteiger partial charge in [0.15, 0.2) is 6.61 Å². The van der Waals surface area contributed by atoms with E-state index in [2.05, 4.69) is 4.98 Å². The van der Waals surface area contributed by atoms with Gasteiger partial charge in [0, 0.05) is 41.4 Å². The summed E-state index contributed by atoms with van der Waals surface area (Å²) in [6.45, 7) is -1.59. The van der Waals surface area contributed by atoms with Crippen molar-refractivity contribution in [3.8, 4) is 17.0 Å². The molecule has 10 heteroatoms. The van der Waals surface area contributed by atoms with E-state index in [1.165, 1.54) is 23.2 Å². The van der Waals surface area contributed by atoms with Gasteiger partial charge < -0.3 is 20.8 Å². The van der Waals surface area contributed by atoms with Gasteiger partial charge in [-0.3, -0.25) is 9.78 Å². The third kappa shape index (κ3) is 3.66. The van der Waals surface area contributed by atoms with Crippen LogP contribution in [0, 0.1) is 11.2 Å². The summed E-state index contributed by atoms with van der Waals surface area (Å²) in [5.41, 5.74) is 6.57. The number of benzene rings is 1. The van der Waals surface area contributed by atoms with E-state index in [1.807, 2.05) is 0 Å². The van der Waals surface area contributed by atoms with Crippen molar-refractivity contribution in [2.75, 3.05) is 6.61 Å². The molecule has 0 unspecified atom stereocenters. The molecule has 3 rings (SSSR count). The number of aromatic nitrogens is 1. The monoisotopic (exact) mass is 394 g/mol. The number of pyridine rings is 1. The molecule has 1 aromatic heterocycles. The fourth-order valence-corrected chi connectivity index (χ4v) is 2.86. The maximum absolute atomic E-state index is 13.6. The molecule has 3 N–H and O–H groups in total. The van der Waals surface area contributed by atoms with Gasteiger partial charge in [0.25, 0.3) is 5.91 Å². The molecule has 1 aliphatic heterocycles. The molecule has 146 valence electrons. The van der Waals surface area contributed by atoms with Crippen LogP contribution in [-0.2, 0) is 6.54 Å². The van der Waals surface area contributed by atoms with E-state index >= 15 is 0 Å². The fourth-order valence-electron chi connectivity index (χ4n) is 2.86. The number of halogens is 4. The normalized spacial score (nSPS) is 14.2. The van der Waals surface area contributed by atoms with Crippen LogP contribution >= 0.6 is 0 Å². The van der Waals surface area contributed by atoms with E-state index in [4.69, 9.17) is 15.9 Å². The van der Waals surface area contributed by atoms with Crippen molar-refractivity contribution in [3.63, 3.8) is 0 Å². The predicted molar refractivity (Wildman–Crippen MR) is 92.1 cm³/mol. The zero-order valence-corrected chi connectivity index (χ0v) is 14.3. The molecule has 1 aliphatic rings. The number of ether oxygens (including phenoxy) is 1. The highest BCUT2D eigenvalue weighted by Gasteiger charge is 2.33. The molecule has 0 bridgehead atoms. The summed E-state index contributed by atoms with van der Waals surface area (Å²) < 4.78 is 56.0. The molecule has 0 aliphatic carbocycles. The van der Waals surface area contributed by atoms with Crippen molar-refractivity contribution in [3.05, 3.63) is 59.3 Å². The molecule has 1 amide bonds. The van der Waals surface area contributed by atoms with Gasteiger partial charge in [-0.05, 0) is 18.2 Å². The highest BCUT2D eigenvalue weighted by atomic mass is 19.4. The number of fused-ring (bicyclic) bond motifs is 1. The van der Waals surface area contributed by atoms with Crippen LogP contribution in [-0.4, -0.2) is 34.8 Å². The van der Waals surface area contributed by atoms with Crippen molar-refractivity contribution in [1.82, 2.24) is 9.88 Å². The van der Waals surface area contributed by atoms with Crippen molar-refractivity contribution < 1.29 is 27.1 Å². The van der Waals surface area contributed by atoms with E-state index in [-0.39, 0.29) is 34.8 Å². The fraction of sp³-hybridized carbons (Fsp3) is 0.167. The first-order valence-corrected chi connectivity index (χ1v) is 7.96. The lowest BCUT2D eigenvalue weighted by atomic mass is 10.0. The number of allylic oxidation sites excluding steroid dienone is 1. The first-order chi connectivity index (χ1) is 13.2. The maximum atomic E-state index is 13.6. The zero-order valence-electron chi connectivity index (χ0n) is 14.3. The van der Waals surface area contributed by atoms with E-state index < -0.39 is 24.5 Å². The number of nitrogens with two attached hydrogens (primary N) is 1. The van der Waals surface area contributed by atoms with Gasteiger partial charge in [0.2, 0.25) is 0 Å². The quantitative estimate of drug-likeness (QED) is 0.602. The van der Waals surface area contributed by atoms with Crippen LogP contribution in [0.15, 0.2) is 42.4 Å². The van der Waals surface area contributed by atoms with Crippen molar-refractivity contribution >= 4 is 12.1 Å². The Labute approximate surface area is 156 Å². The van der Waals surface area contributed by atoms with E-state index in [0.717, 1.165) is 24.5 Å². The van der Waals surface area contributed by atoms with Gasteiger partial charge in [-0.2, -0.15) is 13.2 Å². The molecule has 0 fully saturated rings. The standard InChI is InChI=1S/C18H14F4N4O2/c19-10-1-2-13(15(5-10)28-9-18(20,21)22)16-14-8-26(11(6-23)7-24)17(27)12(14)3-4-25-16/h1-7,23H,8-9,24H2. The highest BCUT2D eigenvalue weighted by molar-refractivity contribution is 6.03. The average molecular weight is 394 g/mol. The summed E-state index contributed by atoms with van der Waals surface area (Å²) in [6, 6.07) is 4.60. The molecule has 1 aromatic carbocycles. The summed E-state index contributed by atoms with van der Waals surface area (Å²) in [5.74, 6) is -1.55. The number of rotatable bonds is 5. The highest BCUT2D eigenvalue weighted by Crippen LogP contribution is 2.37. The molecule has 0 saturated carbocycles. The lowest BCUT2D eigenvalue weighted by Gasteiger charge is -2.16.